The van der Waals surface area contributed by atoms with Crippen LogP contribution in [-0.4, -0.2) is 46.3 Å². The van der Waals surface area contributed by atoms with Crippen LogP contribution in [0.1, 0.15) is 25.8 Å². The molecule has 31 heavy (non-hydrogen) atoms. The first-order valence-corrected chi connectivity index (χ1v) is 12.3. The predicted molar refractivity (Wildman–Crippen MR) is 126 cm³/mol. The highest BCUT2D eigenvalue weighted by atomic mass is 32.2. The smallest absolute Gasteiger partial charge is 0.272 e. The number of aromatic nitrogens is 2. The number of likely N-dealkylation sites (tertiary alicyclic amines) is 1. The average molecular weight is 458 g/mol. The predicted octanol–water partition coefficient (Wildman–Crippen LogP) is 4.11. The van der Waals surface area contributed by atoms with Crippen LogP contribution >= 0.6 is 23.1 Å². The second-order valence-corrected chi connectivity index (χ2v) is 10.2. The minimum Gasteiger partial charge on any atom is -0.497 e. The Morgan fingerprint density at radius 2 is 2.03 bits per heavy atom. The van der Waals surface area contributed by atoms with Crippen molar-refractivity contribution in [1.82, 2.24) is 14.5 Å². The molecule has 0 saturated carbocycles. The van der Waals surface area contributed by atoms with Gasteiger partial charge in [-0.2, -0.15) is 0 Å². The average Bonchev–Trinajstić information content (AvgIpc) is 3.22. The van der Waals surface area contributed by atoms with E-state index in [-0.39, 0.29) is 17.2 Å². The number of fused-ring (bicyclic) bond motifs is 1. The largest absolute Gasteiger partial charge is 0.497 e. The molecule has 4 rings (SSSR count). The van der Waals surface area contributed by atoms with Crippen molar-refractivity contribution in [2.24, 2.45) is 11.8 Å². The van der Waals surface area contributed by atoms with Crippen molar-refractivity contribution in [3.63, 3.8) is 0 Å². The highest BCUT2D eigenvalue weighted by Crippen LogP contribution is 2.25. The van der Waals surface area contributed by atoms with Crippen LogP contribution in [0, 0.1) is 11.8 Å². The van der Waals surface area contributed by atoms with Crippen LogP contribution in [0.5, 0.6) is 5.75 Å². The summed E-state index contributed by atoms with van der Waals surface area (Å²) in [7, 11) is 1.62. The summed E-state index contributed by atoms with van der Waals surface area (Å²) in [5, 5.41) is 2.45. The van der Waals surface area contributed by atoms with E-state index in [9.17, 15) is 9.59 Å². The van der Waals surface area contributed by atoms with Gasteiger partial charge in [-0.15, -0.1) is 11.3 Å². The van der Waals surface area contributed by atoms with E-state index in [0.29, 0.717) is 33.8 Å². The number of carbonyl (C=O) groups excluding carboxylic acids is 1. The molecular weight excluding hydrogens is 430 g/mol. The van der Waals surface area contributed by atoms with Crippen molar-refractivity contribution < 1.29 is 9.53 Å². The number of benzene rings is 1. The van der Waals surface area contributed by atoms with E-state index in [2.05, 4.69) is 13.8 Å². The fourth-order valence-corrected chi connectivity index (χ4v) is 5.89. The molecule has 6 nitrogen and oxygen atoms in total. The van der Waals surface area contributed by atoms with E-state index in [1.807, 2.05) is 40.6 Å². The zero-order chi connectivity index (χ0) is 22.0. The zero-order valence-electron chi connectivity index (χ0n) is 18.0. The van der Waals surface area contributed by atoms with Crippen LogP contribution in [0.4, 0.5) is 0 Å². The molecule has 1 saturated heterocycles. The number of thiophene rings is 1. The molecule has 1 aliphatic heterocycles. The Morgan fingerprint density at radius 1 is 1.26 bits per heavy atom. The second-order valence-electron chi connectivity index (χ2n) is 8.31. The lowest BCUT2D eigenvalue weighted by Gasteiger charge is -2.35. The molecule has 1 aromatic carbocycles. The first-order valence-electron chi connectivity index (χ1n) is 10.5. The van der Waals surface area contributed by atoms with E-state index in [4.69, 9.17) is 9.72 Å². The third-order valence-electron chi connectivity index (χ3n) is 5.55. The van der Waals surface area contributed by atoms with Crippen molar-refractivity contribution in [1.29, 1.82) is 0 Å². The molecular formula is C23H27N3O3S2. The summed E-state index contributed by atoms with van der Waals surface area (Å²) in [5.41, 5.74) is 1.57. The van der Waals surface area contributed by atoms with E-state index in [1.165, 1.54) is 23.1 Å². The number of rotatable bonds is 6. The molecule has 1 fully saturated rings. The number of hydrogen-bond acceptors (Lipinski definition) is 6. The molecule has 1 aliphatic rings. The molecule has 0 radical (unpaired) electrons. The number of hydrogen-bond donors (Lipinski definition) is 0. The Kier molecular flexibility index (Phi) is 6.67. The molecule has 0 N–H and O–H groups in total. The summed E-state index contributed by atoms with van der Waals surface area (Å²) < 4.78 is 7.63. The summed E-state index contributed by atoms with van der Waals surface area (Å²) in [5.74, 6) is 2.16. The van der Waals surface area contributed by atoms with Crippen LogP contribution in [0.15, 0.2) is 45.7 Å². The Balaban J connectivity index is 1.59. The molecule has 0 aliphatic carbocycles. The fourth-order valence-electron chi connectivity index (χ4n) is 4.21. The number of thioether (sulfide) groups is 1. The van der Waals surface area contributed by atoms with Gasteiger partial charge in [0.2, 0.25) is 5.91 Å². The molecule has 0 bridgehead atoms. The Labute approximate surface area is 190 Å². The summed E-state index contributed by atoms with van der Waals surface area (Å²) in [4.78, 5) is 32.8. The normalized spacial score (nSPS) is 19.0. The maximum Gasteiger partial charge on any atom is 0.272 e. The van der Waals surface area contributed by atoms with Crippen LogP contribution < -0.4 is 10.3 Å². The van der Waals surface area contributed by atoms with Gasteiger partial charge in [-0.25, -0.2) is 4.98 Å². The summed E-state index contributed by atoms with van der Waals surface area (Å²) >= 11 is 2.74. The van der Waals surface area contributed by atoms with Crippen molar-refractivity contribution in [3.05, 3.63) is 51.6 Å². The lowest BCUT2D eigenvalue weighted by atomic mass is 9.92. The van der Waals surface area contributed by atoms with Crippen LogP contribution in [0.3, 0.4) is 0 Å². The number of nitrogens with zero attached hydrogens (tertiary/aromatic N) is 3. The third kappa shape index (κ3) is 4.96. The van der Waals surface area contributed by atoms with Crippen LogP contribution in [0.2, 0.25) is 0 Å². The van der Waals surface area contributed by atoms with Gasteiger partial charge in [-0.1, -0.05) is 37.7 Å². The number of amides is 1. The third-order valence-corrected chi connectivity index (χ3v) is 7.40. The van der Waals surface area contributed by atoms with E-state index >= 15 is 0 Å². The molecule has 2 atom stereocenters. The van der Waals surface area contributed by atoms with Gasteiger partial charge in [0.25, 0.3) is 5.56 Å². The monoisotopic (exact) mass is 457 g/mol. The molecule has 164 valence electrons. The number of piperidine rings is 1. The quantitative estimate of drug-likeness (QED) is 0.412. The molecule has 1 amide bonds. The molecule has 2 aromatic heterocycles. The fraction of sp³-hybridized carbons (Fsp3) is 0.435. The van der Waals surface area contributed by atoms with Crippen LogP contribution in [-0.2, 0) is 11.3 Å². The topological polar surface area (TPSA) is 64.4 Å². The van der Waals surface area contributed by atoms with E-state index in [1.54, 1.807) is 11.7 Å². The van der Waals surface area contributed by atoms with Crippen molar-refractivity contribution in [2.45, 2.75) is 32.0 Å². The second kappa shape index (κ2) is 9.44. The zero-order valence-corrected chi connectivity index (χ0v) is 19.7. The summed E-state index contributed by atoms with van der Waals surface area (Å²) in [6, 6.07) is 9.52. The lowest BCUT2D eigenvalue weighted by Crippen LogP contribution is -2.43. The Hall–Kier alpha value is -2.32. The van der Waals surface area contributed by atoms with Gasteiger partial charge in [0, 0.05) is 13.1 Å². The van der Waals surface area contributed by atoms with Gasteiger partial charge in [-0.05, 0) is 47.4 Å². The van der Waals surface area contributed by atoms with Gasteiger partial charge in [-0.3, -0.25) is 14.2 Å². The lowest BCUT2D eigenvalue weighted by molar-refractivity contribution is -0.130. The first-order chi connectivity index (χ1) is 14.9. The first kappa shape index (κ1) is 21.9. The van der Waals surface area contributed by atoms with Crippen molar-refractivity contribution >= 4 is 39.2 Å². The highest BCUT2D eigenvalue weighted by molar-refractivity contribution is 7.99. The molecule has 0 spiro atoms. The molecule has 8 heteroatoms. The maximum atomic E-state index is 13.2. The van der Waals surface area contributed by atoms with E-state index in [0.717, 1.165) is 30.8 Å². The summed E-state index contributed by atoms with van der Waals surface area (Å²) in [6.07, 6.45) is 1.16. The minimum atomic E-state index is -0.0713. The minimum absolute atomic E-state index is 0.0713. The molecule has 3 aromatic rings. The van der Waals surface area contributed by atoms with Crippen LogP contribution in [0.25, 0.3) is 10.2 Å². The Morgan fingerprint density at radius 3 is 2.77 bits per heavy atom. The Bertz CT molecular complexity index is 1130. The van der Waals surface area contributed by atoms with Gasteiger partial charge in [0.1, 0.15) is 10.4 Å². The van der Waals surface area contributed by atoms with Crippen molar-refractivity contribution in [3.8, 4) is 5.75 Å². The van der Waals surface area contributed by atoms with Gasteiger partial charge in [0.15, 0.2) is 5.16 Å². The van der Waals surface area contributed by atoms with Crippen molar-refractivity contribution in [2.75, 3.05) is 26.0 Å². The van der Waals surface area contributed by atoms with Gasteiger partial charge in [0.05, 0.1) is 24.9 Å². The number of carbonyl (C=O) groups is 1. The van der Waals surface area contributed by atoms with E-state index < -0.39 is 0 Å². The van der Waals surface area contributed by atoms with Gasteiger partial charge < -0.3 is 9.64 Å². The maximum absolute atomic E-state index is 13.2. The van der Waals surface area contributed by atoms with Gasteiger partial charge >= 0.3 is 0 Å². The molecule has 3 heterocycles. The summed E-state index contributed by atoms with van der Waals surface area (Å²) in [6.45, 7) is 6.38. The number of ether oxygens (including phenoxy) is 1. The number of methoxy groups -OCH3 is 1. The highest BCUT2D eigenvalue weighted by Gasteiger charge is 2.26. The molecule has 0 unspecified atom stereocenters. The standard InChI is InChI=1S/C23H27N3O3S2/c1-15-9-16(2)12-25(11-15)20(27)14-31-23-24-19-7-8-30-21(19)22(28)26(23)13-17-5-4-6-18(10-17)29-3/h4-8,10,15-16H,9,11-14H2,1-3H3/t15-,16-/m1/s1. The SMILES string of the molecule is COc1cccc(Cn2c(SCC(=O)N3C[C@H](C)C[C@@H](C)C3)nc3ccsc3c2=O)c1.